The molecule has 1 aromatic carbocycles. The van der Waals surface area contributed by atoms with Crippen LogP contribution in [-0.2, 0) is 10.0 Å². The van der Waals surface area contributed by atoms with E-state index in [1.165, 1.54) is 18.2 Å². The fraction of sp³-hybridized carbons (Fsp3) is 0.250. The zero-order chi connectivity index (χ0) is 12.9. The third kappa shape index (κ3) is 3.60. The first kappa shape index (κ1) is 13.2. The van der Waals surface area contributed by atoms with E-state index in [4.69, 9.17) is 11.7 Å². The maximum absolute atomic E-state index is 11.9. The molecule has 0 aliphatic rings. The van der Waals surface area contributed by atoms with Crippen molar-refractivity contribution in [2.45, 2.75) is 24.3 Å². The molecular formula is C12H12N2O2S. The summed E-state index contributed by atoms with van der Waals surface area (Å²) < 4.78 is 26.2. The fourth-order valence-corrected chi connectivity index (χ4v) is 2.57. The van der Waals surface area contributed by atoms with Crippen LogP contribution in [0.1, 0.15) is 18.9 Å². The second-order valence-electron chi connectivity index (χ2n) is 3.57. The molecule has 17 heavy (non-hydrogen) atoms. The van der Waals surface area contributed by atoms with Gasteiger partial charge in [-0.3, -0.25) is 0 Å². The van der Waals surface area contributed by atoms with Crippen LogP contribution in [-0.4, -0.2) is 14.5 Å². The van der Waals surface area contributed by atoms with Gasteiger partial charge in [0.05, 0.1) is 16.5 Å². The van der Waals surface area contributed by atoms with Crippen molar-refractivity contribution in [1.29, 1.82) is 5.26 Å². The summed E-state index contributed by atoms with van der Waals surface area (Å²) in [6.07, 6.45) is 5.42. The number of hydrogen-bond acceptors (Lipinski definition) is 3. The Morgan fingerprint density at radius 1 is 1.53 bits per heavy atom. The molecule has 1 N–H and O–H groups in total. The molecule has 88 valence electrons. The van der Waals surface area contributed by atoms with Crippen molar-refractivity contribution in [3.63, 3.8) is 0 Å². The molecule has 0 spiro atoms. The average Bonchev–Trinajstić information content (AvgIpc) is 2.28. The maximum Gasteiger partial charge on any atom is 0.240 e. The molecular weight excluding hydrogens is 236 g/mol. The molecule has 1 unspecified atom stereocenters. The number of sulfonamides is 1. The van der Waals surface area contributed by atoms with E-state index >= 15 is 0 Å². The Morgan fingerprint density at radius 3 is 2.82 bits per heavy atom. The number of benzene rings is 1. The average molecular weight is 248 g/mol. The summed E-state index contributed by atoms with van der Waals surface area (Å²) in [5.41, 5.74) is 0.303. The van der Waals surface area contributed by atoms with Gasteiger partial charge >= 0.3 is 0 Å². The van der Waals surface area contributed by atoms with Crippen molar-refractivity contribution in [2.75, 3.05) is 0 Å². The van der Waals surface area contributed by atoms with Crippen LogP contribution in [0.2, 0.25) is 0 Å². The normalized spacial score (nSPS) is 12.4. The van der Waals surface area contributed by atoms with Crippen molar-refractivity contribution < 1.29 is 8.42 Å². The van der Waals surface area contributed by atoms with Crippen LogP contribution in [0.15, 0.2) is 29.2 Å². The largest absolute Gasteiger partial charge is 0.240 e. The number of hydrogen-bond donors (Lipinski definition) is 1. The molecule has 0 aliphatic carbocycles. The molecule has 0 fully saturated rings. The van der Waals surface area contributed by atoms with Crippen LogP contribution in [0.5, 0.6) is 0 Å². The van der Waals surface area contributed by atoms with E-state index in [1.54, 1.807) is 13.0 Å². The van der Waals surface area contributed by atoms with E-state index in [-0.39, 0.29) is 10.9 Å². The van der Waals surface area contributed by atoms with Gasteiger partial charge in [-0.15, -0.1) is 12.3 Å². The smallest absolute Gasteiger partial charge is 0.207 e. The van der Waals surface area contributed by atoms with E-state index in [0.29, 0.717) is 12.0 Å². The van der Waals surface area contributed by atoms with Crippen LogP contribution in [0.3, 0.4) is 0 Å². The molecule has 1 aromatic rings. The second kappa shape index (κ2) is 5.49. The van der Waals surface area contributed by atoms with Crippen LogP contribution in [0.25, 0.3) is 0 Å². The predicted molar refractivity (Wildman–Crippen MR) is 64.4 cm³/mol. The highest BCUT2D eigenvalue weighted by Crippen LogP contribution is 2.11. The Labute approximate surface area is 101 Å². The van der Waals surface area contributed by atoms with Crippen molar-refractivity contribution in [1.82, 2.24) is 4.72 Å². The second-order valence-corrected chi connectivity index (χ2v) is 5.28. The molecule has 4 nitrogen and oxygen atoms in total. The van der Waals surface area contributed by atoms with Gasteiger partial charge in [-0.1, -0.05) is 6.07 Å². The Morgan fingerprint density at radius 2 is 2.24 bits per heavy atom. The molecule has 5 heteroatoms. The number of nitrogens with zero attached hydrogens (tertiary/aromatic N) is 1. The minimum atomic E-state index is -3.61. The minimum absolute atomic E-state index is 0.0698. The van der Waals surface area contributed by atoms with Crippen molar-refractivity contribution >= 4 is 10.0 Å². The highest BCUT2D eigenvalue weighted by Gasteiger charge is 2.16. The molecule has 0 heterocycles. The summed E-state index contributed by atoms with van der Waals surface area (Å²) in [5, 5.41) is 8.70. The molecule has 0 aromatic heterocycles. The van der Waals surface area contributed by atoms with Gasteiger partial charge in [0.15, 0.2) is 0 Å². The van der Waals surface area contributed by atoms with E-state index in [1.807, 2.05) is 6.07 Å². The predicted octanol–water partition coefficient (Wildman–Crippen LogP) is 1.25. The number of nitriles is 1. The lowest BCUT2D eigenvalue weighted by molar-refractivity contribution is 0.563. The highest BCUT2D eigenvalue weighted by molar-refractivity contribution is 7.89. The van der Waals surface area contributed by atoms with Crippen molar-refractivity contribution in [3.05, 3.63) is 29.8 Å². The summed E-state index contributed by atoms with van der Waals surface area (Å²) in [4.78, 5) is 0.0698. The molecule has 1 rings (SSSR count). The lowest BCUT2D eigenvalue weighted by atomic mass is 10.2. The Bertz CT molecular complexity index is 579. The summed E-state index contributed by atoms with van der Waals surface area (Å²) in [6, 6.07) is 7.39. The lowest BCUT2D eigenvalue weighted by Crippen LogP contribution is -2.32. The fourth-order valence-electron chi connectivity index (χ4n) is 1.28. The summed E-state index contributed by atoms with van der Waals surface area (Å²) in [7, 11) is -3.61. The van der Waals surface area contributed by atoms with E-state index in [0.717, 1.165) is 0 Å². The molecule has 0 saturated heterocycles. The first-order valence-corrected chi connectivity index (χ1v) is 6.44. The summed E-state index contributed by atoms with van der Waals surface area (Å²) in [5.74, 6) is 2.38. The SMILES string of the molecule is C#CCC(C)NS(=O)(=O)c1cccc(C#N)c1. The Balaban J connectivity index is 2.98. The summed E-state index contributed by atoms with van der Waals surface area (Å²) in [6.45, 7) is 1.69. The van der Waals surface area contributed by atoms with Crippen molar-refractivity contribution in [3.8, 4) is 18.4 Å². The van der Waals surface area contributed by atoms with Gasteiger partial charge in [-0.2, -0.15) is 5.26 Å². The van der Waals surface area contributed by atoms with Gasteiger partial charge < -0.3 is 0 Å². The third-order valence-corrected chi connectivity index (χ3v) is 3.64. The van der Waals surface area contributed by atoms with E-state index < -0.39 is 10.0 Å². The maximum atomic E-state index is 11.9. The van der Waals surface area contributed by atoms with Gasteiger partial charge in [0.2, 0.25) is 10.0 Å². The first-order valence-electron chi connectivity index (χ1n) is 4.95. The molecule has 0 radical (unpaired) electrons. The van der Waals surface area contributed by atoms with Gasteiger partial charge in [0.25, 0.3) is 0 Å². The molecule has 0 amide bonds. The summed E-state index contributed by atoms with van der Waals surface area (Å²) >= 11 is 0. The van der Waals surface area contributed by atoms with Crippen molar-refractivity contribution in [2.24, 2.45) is 0 Å². The standard InChI is InChI=1S/C12H12N2O2S/c1-3-5-10(2)14-17(15,16)12-7-4-6-11(8-12)9-13/h1,4,6-8,10,14H,5H2,2H3. The highest BCUT2D eigenvalue weighted by atomic mass is 32.2. The molecule has 0 aliphatic heterocycles. The lowest BCUT2D eigenvalue weighted by Gasteiger charge is -2.11. The molecule has 0 bridgehead atoms. The minimum Gasteiger partial charge on any atom is -0.207 e. The van der Waals surface area contributed by atoms with Gasteiger partial charge in [0, 0.05) is 12.5 Å². The van der Waals surface area contributed by atoms with E-state index in [2.05, 4.69) is 10.6 Å². The molecule has 0 saturated carbocycles. The Hall–Kier alpha value is -1.82. The van der Waals surface area contributed by atoms with Crippen LogP contribution >= 0.6 is 0 Å². The number of rotatable bonds is 4. The monoisotopic (exact) mass is 248 g/mol. The quantitative estimate of drug-likeness (QED) is 0.815. The van der Waals surface area contributed by atoms with Gasteiger partial charge in [-0.05, 0) is 25.1 Å². The topological polar surface area (TPSA) is 70.0 Å². The van der Waals surface area contributed by atoms with Gasteiger partial charge in [-0.25, -0.2) is 13.1 Å². The Kier molecular flexibility index (Phi) is 4.28. The number of terminal acetylenes is 1. The van der Waals surface area contributed by atoms with Crippen LogP contribution in [0.4, 0.5) is 0 Å². The zero-order valence-electron chi connectivity index (χ0n) is 9.34. The third-order valence-electron chi connectivity index (χ3n) is 2.05. The molecule has 1 atom stereocenters. The first-order chi connectivity index (χ1) is 7.99. The number of nitrogens with one attached hydrogen (secondary N) is 1. The van der Waals surface area contributed by atoms with Crippen LogP contribution in [0, 0.1) is 23.7 Å². The van der Waals surface area contributed by atoms with E-state index in [9.17, 15) is 8.42 Å². The zero-order valence-corrected chi connectivity index (χ0v) is 10.2. The van der Waals surface area contributed by atoms with Gasteiger partial charge in [0.1, 0.15) is 0 Å². The van der Waals surface area contributed by atoms with Crippen LogP contribution < -0.4 is 4.72 Å².